The van der Waals surface area contributed by atoms with Gasteiger partial charge in [-0.15, -0.1) is 0 Å². The quantitative estimate of drug-likeness (QED) is 0.370. The van der Waals surface area contributed by atoms with Crippen LogP contribution < -0.4 is 11.1 Å². The van der Waals surface area contributed by atoms with Crippen molar-refractivity contribution in [3.8, 4) is 0 Å². The Bertz CT molecular complexity index is 989. The Hall–Kier alpha value is -3.14. The number of carbonyl (C=O) groups is 2. The predicted octanol–water partition coefficient (Wildman–Crippen LogP) is 4.88. The monoisotopic (exact) mass is 543 g/mol. The molecule has 2 aromatic rings. The lowest BCUT2D eigenvalue weighted by molar-refractivity contribution is 0.0111. The van der Waals surface area contributed by atoms with Gasteiger partial charge in [0.05, 0.1) is 32.5 Å². The SMILES string of the molecule is CC(C)(C)OC(=O)NC(COCc1ccccc1)CN(CC(N)COCc1ccccc1)C(=O)OC(C)(C)C. The van der Waals surface area contributed by atoms with Gasteiger partial charge in [0.15, 0.2) is 0 Å². The van der Waals surface area contributed by atoms with E-state index in [1.54, 1.807) is 41.5 Å². The maximum atomic E-state index is 13.2. The largest absolute Gasteiger partial charge is 0.444 e. The number of alkyl carbamates (subject to hydrolysis) is 1. The number of benzene rings is 2. The lowest BCUT2D eigenvalue weighted by Gasteiger charge is -2.32. The molecule has 0 aromatic heterocycles. The summed E-state index contributed by atoms with van der Waals surface area (Å²) in [4.78, 5) is 27.3. The van der Waals surface area contributed by atoms with Gasteiger partial charge >= 0.3 is 12.2 Å². The molecule has 2 amide bonds. The van der Waals surface area contributed by atoms with Gasteiger partial charge in [0.2, 0.25) is 0 Å². The van der Waals surface area contributed by atoms with Crippen molar-refractivity contribution >= 4 is 12.2 Å². The van der Waals surface area contributed by atoms with Gasteiger partial charge in [-0.05, 0) is 52.7 Å². The van der Waals surface area contributed by atoms with Gasteiger partial charge in [-0.1, -0.05) is 60.7 Å². The lowest BCUT2D eigenvalue weighted by atomic mass is 10.2. The standard InChI is InChI=1S/C30H45N3O6/c1-29(2,3)38-27(34)32-26(22-37-20-24-15-11-8-12-16-24)18-33(28(35)39-30(4,5)6)17-25(31)21-36-19-23-13-9-7-10-14-23/h7-16,25-26H,17-22,31H2,1-6H3,(H,32,34). The number of nitrogens with one attached hydrogen (secondary N) is 1. The third-order valence-electron chi connectivity index (χ3n) is 5.14. The van der Waals surface area contributed by atoms with E-state index in [2.05, 4.69) is 5.32 Å². The predicted molar refractivity (Wildman–Crippen MR) is 151 cm³/mol. The van der Waals surface area contributed by atoms with Crippen LogP contribution in [0, 0.1) is 0 Å². The van der Waals surface area contributed by atoms with E-state index in [0.717, 1.165) is 11.1 Å². The average Bonchev–Trinajstić information content (AvgIpc) is 2.82. The van der Waals surface area contributed by atoms with E-state index in [0.29, 0.717) is 13.2 Å². The Morgan fingerprint density at radius 2 is 1.26 bits per heavy atom. The fraction of sp³-hybridized carbons (Fsp3) is 0.533. The summed E-state index contributed by atoms with van der Waals surface area (Å²) in [6, 6.07) is 18.4. The van der Waals surface area contributed by atoms with Crippen molar-refractivity contribution in [1.29, 1.82) is 0 Å². The van der Waals surface area contributed by atoms with Crippen LogP contribution >= 0.6 is 0 Å². The molecule has 9 nitrogen and oxygen atoms in total. The minimum absolute atomic E-state index is 0.106. The smallest absolute Gasteiger partial charge is 0.410 e. The first-order valence-electron chi connectivity index (χ1n) is 13.3. The molecule has 0 radical (unpaired) electrons. The Balaban J connectivity index is 2.08. The lowest BCUT2D eigenvalue weighted by Crippen LogP contribution is -2.53. The summed E-state index contributed by atoms with van der Waals surface area (Å²) < 4.78 is 22.8. The average molecular weight is 544 g/mol. The first-order chi connectivity index (χ1) is 18.3. The highest BCUT2D eigenvalue weighted by molar-refractivity contribution is 5.69. The molecule has 2 rings (SSSR count). The maximum absolute atomic E-state index is 13.2. The minimum Gasteiger partial charge on any atom is -0.444 e. The zero-order valence-corrected chi connectivity index (χ0v) is 24.1. The van der Waals surface area contributed by atoms with E-state index in [9.17, 15) is 9.59 Å². The number of rotatable bonds is 13. The van der Waals surface area contributed by atoms with E-state index in [-0.39, 0.29) is 26.3 Å². The van der Waals surface area contributed by atoms with Crippen LogP contribution in [0.25, 0.3) is 0 Å². The first-order valence-corrected chi connectivity index (χ1v) is 13.3. The van der Waals surface area contributed by atoms with Crippen LogP contribution in [0.5, 0.6) is 0 Å². The topological polar surface area (TPSA) is 112 Å². The van der Waals surface area contributed by atoms with Gasteiger partial charge in [0.1, 0.15) is 11.2 Å². The van der Waals surface area contributed by atoms with Crippen LogP contribution in [0.1, 0.15) is 52.7 Å². The maximum Gasteiger partial charge on any atom is 0.410 e. The first kappa shape index (κ1) is 32.1. The van der Waals surface area contributed by atoms with E-state index in [1.165, 1.54) is 4.90 Å². The highest BCUT2D eigenvalue weighted by atomic mass is 16.6. The van der Waals surface area contributed by atoms with Gasteiger partial charge in [-0.3, -0.25) is 0 Å². The van der Waals surface area contributed by atoms with Gasteiger partial charge in [-0.2, -0.15) is 0 Å². The van der Waals surface area contributed by atoms with Crippen molar-refractivity contribution in [3.05, 3.63) is 71.8 Å². The molecule has 9 heteroatoms. The molecule has 0 heterocycles. The van der Waals surface area contributed by atoms with Crippen molar-refractivity contribution in [2.24, 2.45) is 5.73 Å². The van der Waals surface area contributed by atoms with E-state index in [4.69, 9.17) is 24.7 Å². The molecular weight excluding hydrogens is 498 g/mol. The minimum atomic E-state index is -0.707. The summed E-state index contributed by atoms with van der Waals surface area (Å²) in [6.45, 7) is 12.2. The van der Waals surface area contributed by atoms with Crippen LogP contribution in [0.4, 0.5) is 9.59 Å². The van der Waals surface area contributed by atoms with Crippen LogP contribution in [-0.2, 0) is 32.2 Å². The second-order valence-electron chi connectivity index (χ2n) is 11.5. The van der Waals surface area contributed by atoms with Crippen molar-refractivity contribution in [2.75, 3.05) is 26.3 Å². The summed E-state index contributed by atoms with van der Waals surface area (Å²) in [5.41, 5.74) is 7.00. The van der Waals surface area contributed by atoms with E-state index >= 15 is 0 Å². The number of nitrogens with zero attached hydrogens (tertiary/aromatic N) is 1. The van der Waals surface area contributed by atoms with Gasteiger partial charge in [-0.25, -0.2) is 9.59 Å². The van der Waals surface area contributed by atoms with E-state index < -0.39 is 35.5 Å². The Labute approximate surface area is 232 Å². The third kappa shape index (κ3) is 14.6. The van der Waals surface area contributed by atoms with Crippen molar-refractivity contribution in [2.45, 2.75) is 78.0 Å². The van der Waals surface area contributed by atoms with E-state index in [1.807, 2.05) is 60.7 Å². The molecule has 39 heavy (non-hydrogen) atoms. The van der Waals surface area contributed by atoms with Crippen LogP contribution in [0.2, 0.25) is 0 Å². The fourth-order valence-corrected chi connectivity index (χ4v) is 3.56. The van der Waals surface area contributed by atoms with Gasteiger partial charge < -0.3 is 34.9 Å². The number of carbonyl (C=O) groups excluding carboxylic acids is 2. The summed E-state index contributed by atoms with van der Waals surface area (Å²) in [6.07, 6.45) is -1.14. The molecule has 3 N–H and O–H groups in total. The molecule has 2 unspecified atom stereocenters. The van der Waals surface area contributed by atoms with Crippen LogP contribution in [0.15, 0.2) is 60.7 Å². The number of nitrogens with two attached hydrogens (primary N) is 1. The van der Waals surface area contributed by atoms with Crippen LogP contribution in [0.3, 0.4) is 0 Å². The fourth-order valence-electron chi connectivity index (χ4n) is 3.56. The molecule has 0 aliphatic rings. The highest BCUT2D eigenvalue weighted by Gasteiger charge is 2.28. The number of hydrogen-bond donors (Lipinski definition) is 2. The summed E-state index contributed by atoms with van der Waals surface area (Å²) in [7, 11) is 0. The summed E-state index contributed by atoms with van der Waals surface area (Å²) in [5, 5.41) is 2.84. The second kappa shape index (κ2) is 15.5. The van der Waals surface area contributed by atoms with Crippen molar-refractivity contribution in [1.82, 2.24) is 10.2 Å². The van der Waals surface area contributed by atoms with Gasteiger partial charge in [0.25, 0.3) is 0 Å². The Kier molecular flexibility index (Phi) is 12.7. The molecule has 2 atom stereocenters. The summed E-state index contributed by atoms with van der Waals surface area (Å²) >= 11 is 0. The zero-order chi connectivity index (χ0) is 28.9. The second-order valence-corrected chi connectivity index (χ2v) is 11.5. The Morgan fingerprint density at radius 1 is 0.769 bits per heavy atom. The molecule has 2 aromatic carbocycles. The number of hydrogen-bond acceptors (Lipinski definition) is 7. The number of ether oxygens (including phenoxy) is 4. The third-order valence-corrected chi connectivity index (χ3v) is 5.14. The molecule has 0 aliphatic carbocycles. The van der Waals surface area contributed by atoms with Crippen molar-refractivity contribution in [3.63, 3.8) is 0 Å². The normalized spacial score (nSPS) is 13.3. The van der Waals surface area contributed by atoms with Crippen LogP contribution in [-0.4, -0.2) is 66.7 Å². The van der Waals surface area contributed by atoms with Gasteiger partial charge in [0, 0.05) is 19.1 Å². The molecule has 216 valence electrons. The highest BCUT2D eigenvalue weighted by Crippen LogP contribution is 2.13. The summed E-state index contributed by atoms with van der Waals surface area (Å²) in [5.74, 6) is 0. The molecule has 0 aliphatic heterocycles. The molecule has 0 saturated carbocycles. The zero-order valence-electron chi connectivity index (χ0n) is 24.1. The molecular formula is C30H45N3O6. The molecule has 0 bridgehead atoms. The number of amides is 2. The molecule has 0 spiro atoms. The van der Waals surface area contributed by atoms with Crippen molar-refractivity contribution < 1.29 is 28.5 Å². The Morgan fingerprint density at radius 3 is 1.74 bits per heavy atom. The molecule has 0 saturated heterocycles. The molecule has 0 fully saturated rings.